The third-order valence-electron chi connectivity index (χ3n) is 3.46. The Kier molecular flexibility index (Phi) is 3.27. The van der Waals surface area contributed by atoms with Crippen LogP contribution in [0.4, 0.5) is 0 Å². The summed E-state index contributed by atoms with van der Waals surface area (Å²) in [5.74, 6) is -0.0292. The number of thiophene rings is 1. The van der Waals surface area contributed by atoms with E-state index in [0.29, 0.717) is 5.41 Å². The molecule has 1 amide bonds. The summed E-state index contributed by atoms with van der Waals surface area (Å²) in [5, 5.41) is 3.43. The van der Waals surface area contributed by atoms with Crippen LogP contribution in [0.3, 0.4) is 0 Å². The molecular formula is C13H19NO2S. The van der Waals surface area contributed by atoms with E-state index in [9.17, 15) is 4.79 Å². The van der Waals surface area contributed by atoms with Crippen LogP contribution >= 0.6 is 11.3 Å². The van der Waals surface area contributed by atoms with Gasteiger partial charge in [0.1, 0.15) is 0 Å². The van der Waals surface area contributed by atoms with E-state index < -0.39 is 0 Å². The van der Waals surface area contributed by atoms with Gasteiger partial charge in [-0.25, -0.2) is 5.06 Å². The second-order valence-electron chi connectivity index (χ2n) is 5.39. The van der Waals surface area contributed by atoms with Crippen molar-refractivity contribution in [3.8, 4) is 0 Å². The van der Waals surface area contributed by atoms with E-state index in [4.69, 9.17) is 4.84 Å². The molecule has 0 spiro atoms. The van der Waals surface area contributed by atoms with Gasteiger partial charge in [-0.05, 0) is 41.2 Å². The van der Waals surface area contributed by atoms with E-state index >= 15 is 0 Å². The summed E-state index contributed by atoms with van der Waals surface area (Å²) in [5.41, 5.74) is 2.95. The Morgan fingerprint density at radius 1 is 1.53 bits per heavy atom. The van der Waals surface area contributed by atoms with Crippen molar-refractivity contribution in [2.75, 3.05) is 14.2 Å². The fourth-order valence-electron chi connectivity index (χ4n) is 2.31. The van der Waals surface area contributed by atoms with Gasteiger partial charge in [0.2, 0.25) is 0 Å². The van der Waals surface area contributed by atoms with Crippen LogP contribution in [0.2, 0.25) is 0 Å². The molecule has 0 unspecified atom stereocenters. The van der Waals surface area contributed by atoms with Crippen molar-refractivity contribution < 1.29 is 9.63 Å². The molecule has 1 aromatic heterocycles. The van der Waals surface area contributed by atoms with Crippen molar-refractivity contribution in [3.63, 3.8) is 0 Å². The minimum absolute atomic E-state index is 0.0292. The van der Waals surface area contributed by atoms with Crippen molar-refractivity contribution in [1.82, 2.24) is 5.06 Å². The maximum Gasteiger partial charge on any atom is 0.287 e. The van der Waals surface area contributed by atoms with E-state index in [-0.39, 0.29) is 5.91 Å². The van der Waals surface area contributed by atoms with Crippen LogP contribution in [-0.2, 0) is 17.7 Å². The Labute approximate surface area is 106 Å². The standard InChI is InChI=1S/C13H19NO2S/c1-13(2)6-5-10-9(7-13)8-17-11(10)12(15)14(3)16-4/h8H,5-7H2,1-4H3. The lowest BCUT2D eigenvalue weighted by molar-refractivity contribution is -0.0754. The molecule has 1 aliphatic rings. The molecule has 1 aliphatic carbocycles. The molecule has 0 saturated heterocycles. The number of hydrogen-bond acceptors (Lipinski definition) is 3. The third kappa shape index (κ3) is 2.38. The largest absolute Gasteiger partial charge is 0.287 e. The number of hydrogen-bond donors (Lipinski definition) is 0. The van der Waals surface area contributed by atoms with Crippen molar-refractivity contribution in [2.24, 2.45) is 5.41 Å². The minimum Gasteiger partial charge on any atom is -0.274 e. The van der Waals surface area contributed by atoms with Gasteiger partial charge in [0.05, 0.1) is 12.0 Å². The molecule has 0 atom stereocenters. The third-order valence-corrected chi connectivity index (χ3v) is 4.51. The van der Waals surface area contributed by atoms with Gasteiger partial charge in [0.15, 0.2) is 0 Å². The van der Waals surface area contributed by atoms with E-state index in [2.05, 4.69) is 19.2 Å². The molecule has 3 nitrogen and oxygen atoms in total. The monoisotopic (exact) mass is 253 g/mol. The van der Waals surface area contributed by atoms with Gasteiger partial charge < -0.3 is 0 Å². The van der Waals surface area contributed by atoms with E-state index in [1.807, 2.05) is 0 Å². The van der Waals surface area contributed by atoms with Crippen LogP contribution in [0, 0.1) is 5.41 Å². The highest BCUT2D eigenvalue weighted by atomic mass is 32.1. The average Bonchev–Trinajstić information content (AvgIpc) is 2.68. The SMILES string of the molecule is CON(C)C(=O)c1scc2c1CCC(C)(C)C2. The summed E-state index contributed by atoms with van der Waals surface area (Å²) >= 11 is 1.55. The molecule has 0 aromatic carbocycles. The second-order valence-corrected chi connectivity index (χ2v) is 6.27. The Bertz CT molecular complexity index is 437. The van der Waals surface area contributed by atoms with Gasteiger partial charge in [0.25, 0.3) is 5.91 Å². The molecule has 1 aromatic rings. The summed E-state index contributed by atoms with van der Waals surface area (Å²) < 4.78 is 0. The van der Waals surface area contributed by atoms with Crippen molar-refractivity contribution in [1.29, 1.82) is 0 Å². The summed E-state index contributed by atoms with van der Waals surface area (Å²) in [6.45, 7) is 4.58. The van der Waals surface area contributed by atoms with Gasteiger partial charge in [-0.1, -0.05) is 13.8 Å². The first kappa shape index (κ1) is 12.6. The number of hydroxylamine groups is 2. The number of fused-ring (bicyclic) bond motifs is 1. The van der Waals surface area contributed by atoms with Gasteiger partial charge >= 0.3 is 0 Å². The number of carbonyl (C=O) groups is 1. The predicted octanol–water partition coefficient (Wildman–Crippen LogP) is 2.90. The lowest BCUT2D eigenvalue weighted by Crippen LogP contribution is -2.27. The molecule has 0 N–H and O–H groups in total. The summed E-state index contributed by atoms with van der Waals surface area (Å²) in [6.07, 6.45) is 3.22. The number of rotatable bonds is 2. The number of carbonyl (C=O) groups excluding carboxylic acids is 1. The molecule has 0 fully saturated rings. The predicted molar refractivity (Wildman–Crippen MR) is 69.2 cm³/mol. The minimum atomic E-state index is -0.0292. The van der Waals surface area contributed by atoms with Crippen LogP contribution in [0.15, 0.2) is 5.38 Å². The van der Waals surface area contributed by atoms with Crippen molar-refractivity contribution >= 4 is 17.2 Å². The Morgan fingerprint density at radius 2 is 2.24 bits per heavy atom. The fourth-order valence-corrected chi connectivity index (χ4v) is 3.40. The normalized spacial score (nSPS) is 17.6. The van der Waals surface area contributed by atoms with Crippen LogP contribution in [0.25, 0.3) is 0 Å². The molecule has 0 radical (unpaired) electrons. The van der Waals surface area contributed by atoms with Crippen LogP contribution in [0.1, 0.15) is 41.1 Å². The summed E-state index contributed by atoms with van der Waals surface area (Å²) in [6, 6.07) is 0. The van der Waals surface area contributed by atoms with E-state index in [0.717, 1.165) is 24.1 Å². The summed E-state index contributed by atoms with van der Waals surface area (Å²) in [4.78, 5) is 17.9. The molecule has 17 heavy (non-hydrogen) atoms. The highest BCUT2D eigenvalue weighted by molar-refractivity contribution is 7.12. The van der Waals surface area contributed by atoms with Crippen molar-refractivity contribution in [3.05, 3.63) is 21.4 Å². The molecule has 4 heteroatoms. The lowest BCUT2D eigenvalue weighted by Gasteiger charge is -2.30. The highest BCUT2D eigenvalue weighted by Gasteiger charge is 2.30. The number of nitrogens with zero attached hydrogens (tertiary/aromatic N) is 1. The zero-order valence-corrected chi connectivity index (χ0v) is 11.7. The first-order valence-corrected chi connectivity index (χ1v) is 6.74. The van der Waals surface area contributed by atoms with Crippen molar-refractivity contribution in [2.45, 2.75) is 33.1 Å². The molecule has 0 aliphatic heterocycles. The van der Waals surface area contributed by atoms with E-state index in [1.54, 1.807) is 18.4 Å². The first-order valence-electron chi connectivity index (χ1n) is 5.86. The lowest BCUT2D eigenvalue weighted by atomic mass is 9.75. The highest BCUT2D eigenvalue weighted by Crippen LogP contribution is 2.38. The summed E-state index contributed by atoms with van der Waals surface area (Å²) in [7, 11) is 3.17. The quantitative estimate of drug-likeness (QED) is 0.758. The zero-order chi connectivity index (χ0) is 12.6. The second kappa shape index (κ2) is 4.42. The average molecular weight is 253 g/mol. The zero-order valence-electron chi connectivity index (χ0n) is 10.9. The maximum atomic E-state index is 12.1. The number of amides is 1. The first-order chi connectivity index (χ1) is 7.94. The molecule has 1 heterocycles. The molecule has 94 valence electrons. The smallest absolute Gasteiger partial charge is 0.274 e. The van der Waals surface area contributed by atoms with Gasteiger partial charge in [-0.2, -0.15) is 0 Å². The maximum absolute atomic E-state index is 12.1. The molecule has 0 bridgehead atoms. The molecular weight excluding hydrogens is 234 g/mol. The van der Waals surface area contributed by atoms with Crippen LogP contribution in [-0.4, -0.2) is 25.1 Å². The van der Waals surface area contributed by atoms with Crippen LogP contribution in [0.5, 0.6) is 0 Å². The fraction of sp³-hybridized carbons (Fsp3) is 0.615. The topological polar surface area (TPSA) is 29.5 Å². The molecule has 0 saturated carbocycles. The van der Waals surface area contributed by atoms with E-state index in [1.165, 1.54) is 23.3 Å². The van der Waals surface area contributed by atoms with Gasteiger partial charge in [-0.3, -0.25) is 9.63 Å². The Morgan fingerprint density at radius 3 is 2.88 bits per heavy atom. The Hall–Kier alpha value is -0.870. The van der Waals surface area contributed by atoms with Gasteiger partial charge in [-0.15, -0.1) is 11.3 Å². The Balaban J connectivity index is 2.29. The van der Waals surface area contributed by atoms with Gasteiger partial charge in [0, 0.05) is 7.05 Å². The van der Waals surface area contributed by atoms with Crippen LogP contribution < -0.4 is 0 Å². The molecule has 2 rings (SSSR count).